The van der Waals surface area contributed by atoms with Crippen LogP contribution in [0.15, 0.2) is 103 Å². The molecule has 4 aromatic rings. The van der Waals surface area contributed by atoms with E-state index in [0.29, 0.717) is 31.0 Å². The molecule has 1 atom stereocenters. The van der Waals surface area contributed by atoms with Crippen LogP contribution in [-0.4, -0.2) is 37.7 Å². The maximum Gasteiger partial charge on any atom is 0.417 e. The molecule has 0 saturated carbocycles. The molecule has 1 unspecified atom stereocenters. The molecule has 0 N–H and O–H groups in total. The number of benzene rings is 4. The monoisotopic (exact) mass is 609 g/mol. The van der Waals surface area contributed by atoms with E-state index in [2.05, 4.69) is 29.2 Å². The fourth-order valence-electron chi connectivity index (χ4n) is 5.11. The van der Waals surface area contributed by atoms with Gasteiger partial charge >= 0.3 is 12.1 Å². The molecule has 0 bridgehead atoms. The van der Waals surface area contributed by atoms with Crippen LogP contribution in [0.3, 0.4) is 0 Å². The predicted octanol–water partition coefficient (Wildman–Crippen LogP) is 8.42. The van der Waals surface area contributed by atoms with Crippen LogP contribution in [0.25, 0.3) is 0 Å². The lowest BCUT2D eigenvalue weighted by Gasteiger charge is -2.31. The van der Waals surface area contributed by atoms with Crippen molar-refractivity contribution in [1.82, 2.24) is 4.90 Å². The average molecular weight is 610 g/mol. The van der Waals surface area contributed by atoms with Gasteiger partial charge in [-0.15, -0.1) is 0 Å². The number of esters is 1. The number of carbonyl (C=O) groups excluding carboxylic acids is 1. The summed E-state index contributed by atoms with van der Waals surface area (Å²) in [6.45, 7) is 3.75. The molecule has 0 fully saturated rings. The lowest BCUT2D eigenvalue weighted by molar-refractivity contribution is -0.140. The first-order valence-electron chi connectivity index (χ1n) is 14.1. The van der Waals surface area contributed by atoms with Gasteiger partial charge in [0, 0.05) is 31.5 Å². The van der Waals surface area contributed by atoms with Crippen molar-refractivity contribution in [2.75, 3.05) is 26.8 Å². The smallest absolute Gasteiger partial charge is 0.417 e. The Hall–Kier alpha value is -3.81. The Morgan fingerprint density at radius 1 is 0.860 bits per heavy atom. The number of methoxy groups -OCH3 is 1. The standard InChI is InChI=1S/C35H35ClF3NO3/c1-25(24-43-30-17-9-11-26(19-30)20-33(41)42-2)21-40(22-29-16-10-18-32(34(29)36)35(37,38)39)23-31(27-12-5-3-6-13-27)28-14-7-4-8-15-28/h3-19,25,31H,20-24H2,1-2H3. The molecule has 0 radical (unpaired) electrons. The van der Waals surface area contributed by atoms with Gasteiger partial charge in [0.15, 0.2) is 0 Å². The number of alkyl halides is 3. The molecule has 4 nitrogen and oxygen atoms in total. The molecule has 0 aliphatic rings. The molecular formula is C35H35ClF3NO3. The zero-order chi connectivity index (χ0) is 30.8. The number of hydrogen-bond acceptors (Lipinski definition) is 4. The molecule has 0 aromatic heterocycles. The van der Waals surface area contributed by atoms with E-state index in [1.54, 1.807) is 6.07 Å². The Morgan fingerprint density at radius 3 is 2.09 bits per heavy atom. The summed E-state index contributed by atoms with van der Waals surface area (Å²) in [5.74, 6) is 0.295. The topological polar surface area (TPSA) is 38.8 Å². The summed E-state index contributed by atoms with van der Waals surface area (Å²) in [5.41, 5.74) is 2.59. The molecule has 4 aromatic carbocycles. The van der Waals surface area contributed by atoms with Crippen LogP contribution in [0, 0.1) is 5.92 Å². The fraction of sp³-hybridized carbons (Fsp3) is 0.286. The Bertz CT molecular complexity index is 1420. The molecule has 226 valence electrons. The molecule has 0 heterocycles. The van der Waals surface area contributed by atoms with Gasteiger partial charge in [-0.05, 0) is 40.5 Å². The van der Waals surface area contributed by atoms with Gasteiger partial charge in [-0.3, -0.25) is 9.69 Å². The van der Waals surface area contributed by atoms with Crippen molar-refractivity contribution in [1.29, 1.82) is 0 Å². The molecule has 0 spiro atoms. The summed E-state index contributed by atoms with van der Waals surface area (Å²) < 4.78 is 51.8. The van der Waals surface area contributed by atoms with Crippen LogP contribution in [0.5, 0.6) is 5.75 Å². The molecule has 0 saturated heterocycles. The minimum atomic E-state index is -4.54. The number of rotatable bonds is 13. The van der Waals surface area contributed by atoms with Crippen molar-refractivity contribution < 1.29 is 27.4 Å². The Labute approximate surface area is 256 Å². The van der Waals surface area contributed by atoms with Crippen molar-refractivity contribution in [3.63, 3.8) is 0 Å². The highest BCUT2D eigenvalue weighted by molar-refractivity contribution is 6.32. The van der Waals surface area contributed by atoms with Crippen LogP contribution in [0.4, 0.5) is 13.2 Å². The normalized spacial score (nSPS) is 12.4. The molecule has 0 amide bonds. The number of ether oxygens (including phenoxy) is 2. The van der Waals surface area contributed by atoms with Gasteiger partial charge in [0.25, 0.3) is 0 Å². The summed E-state index contributed by atoms with van der Waals surface area (Å²) in [6, 6.07) is 31.5. The van der Waals surface area contributed by atoms with E-state index in [1.807, 2.05) is 67.6 Å². The highest BCUT2D eigenvalue weighted by atomic mass is 35.5. The van der Waals surface area contributed by atoms with Gasteiger partial charge in [0.1, 0.15) is 5.75 Å². The van der Waals surface area contributed by atoms with Gasteiger partial charge in [0.05, 0.1) is 30.7 Å². The summed E-state index contributed by atoms with van der Waals surface area (Å²) in [5, 5.41) is -0.276. The van der Waals surface area contributed by atoms with Crippen LogP contribution in [-0.2, 0) is 28.7 Å². The summed E-state index contributed by atoms with van der Waals surface area (Å²) >= 11 is 6.34. The zero-order valence-electron chi connectivity index (χ0n) is 24.2. The minimum Gasteiger partial charge on any atom is -0.493 e. The summed E-state index contributed by atoms with van der Waals surface area (Å²) in [4.78, 5) is 13.8. The van der Waals surface area contributed by atoms with E-state index in [1.165, 1.54) is 13.2 Å². The maximum absolute atomic E-state index is 13.7. The second-order valence-electron chi connectivity index (χ2n) is 10.7. The second kappa shape index (κ2) is 15.1. The first-order chi connectivity index (χ1) is 20.6. The molecular weight excluding hydrogens is 575 g/mol. The van der Waals surface area contributed by atoms with Gasteiger partial charge in [-0.1, -0.05) is 103 Å². The summed E-state index contributed by atoms with van der Waals surface area (Å²) in [6.07, 6.45) is -4.40. The summed E-state index contributed by atoms with van der Waals surface area (Å²) in [7, 11) is 1.35. The first kappa shape index (κ1) is 32.1. The van der Waals surface area contributed by atoms with E-state index < -0.39 is 11.7 Å². The molecule has 0 aliphatic heterocycles. The number of nitrogens with zero attached hydrogens (tertiary/aromatic N) is 1. The largest absolute Gasteiger partial charge is 0.493 e. The third kappa shape index (κ3) is 9.34. The SMILES string of the molecule is COC(=O)Cc1cccc(OCC(C)CN(Cc2cccc(C(F)(F)F)c2Cl)CC(c2ccccc2)c2ccccc2)c1. The van der Waals surface area contributed by atoms with Crippen molar-refractivity contribution in [2.24, 2.45) is 5.92 Å². The van der Waals surface area contributed by atoms with E-state index in [0.717, 1.165) is 22.8 Å². The van der Waals surface area contributed by atoms with Crippen molar-refractivity contribution >= 4 is 17.6 Å². The van der Waals surface area contributed by atoms with E-state index in [9.17, 15) is 18.0 Å². The van der Waals surface area contributed by atoms with Crippen LogP contribution in [0.1, 0.15) is 40.7 Å². The van der Waals surface area contributed by atoms with Gasteiger partial charge in [-0.25, -0.2) is 0 Å². The van der Waals surface area contributed by atoms with Gasteiger partial charge in [0.2, 0.25) is 0 Å². The molecule has 4 rings (SSSR count). The van der Waals surface area contributed by atoms with Crippen molar-refractivity contribution in [3.8, 4) is 5.75 Å². The maximum atomic E-state index is 13.7. The van der Waals surface area contributed by atoms with Gasteiger partial charge < -0.3 is 9.47 Å². The Kier molecular flexibility index (Phi) is 11.3. The average Bonchev–Trinajstić information content (AvgIpc) is 3.00. The number of carbonyl (C=O) groups is 1. The van der Waals surface area contributed by atoms with Crippen molar-refractivity contribution in [3.05, 3.63) is 136 Å². The number of hydrogen-bond donors (Lipinski definition) is 0. The Morgan fingerprint density at radius 2 is 1.49 bits per heavy atom. The predicted molar refractivity (Wildman–Crippen MR) is 163 cm³/mol. The third-order valence-corrected chi connectivity index (χ3v) is 7.65. The third-order valence-electron chi connectivity index (χ3n) is 7.20. The van der Waals surface area contributed by atoms with E-state index in [4.69, 9.17) is 21.1 Å². The quantitative estimate of drug-likeness (QED) is 0.143. The zero-order valence-corrected chi connectivity index (χ0v) is 24.9. The minimum absolute atomic E-state index is 0.0148. The fourth-order valence-corrected chi connectivity index (χ4v) is 5.41. The Balaban J connectivity index is 1.57. The van der Waals surface area contributed by atoms with Gasteiger partial charge in [-0.2, -0.15) is 13.2 Å². The second-order valence-corrected chi connectivity index (χ2v) is 11.0. The first-order valence-corrected chi connectivity index (χ1v) is 14.5. The number of halogens is 4. The van der Waals surface area contributed by atoms with Crippen LogP contribution >= 0.6 is 11.6 Å². The van der Waals surface area contributed by atoms with Crippen molar-refractivity contribution in [2.45, 2.75) is 32.0 Å². The molecule has 43 heavy (non-hydrogen) atoms. The highest BCUT2D eigenvalue weighted by Gasteiger charge is 2.34. The van der Waals surface area contributed by atoms with E-state index in [-0.39, 0.29) is 35.8 Å². The molecule has 8 heteroatoms. The van der Waals surface area contributed by atoms with E-state index >= 15 is 0 Å². The van der Waals surface area contributed by atoms with Crippen LogP contribution < -0.4 is 4.74 Å². The molecule has 0 aliphatic carbocycles. The lowest BCUT2D eigenvalue weighted by atomic mass is 9.90. The lowest BCUT2D eigenvalue weighted by Crippen LogP contribution is -2.34. The highest BCUT2D eigenvalue weighted by Crippen LogP contribution is 2.37. The van der Waals surface area contributed by atoms with Crippen LogP contribution in [0.2, 0.25) is 5.02 Å².